The third-order valence-electron chi connectivity index (χ3n) is 5.66. The Morgan fingerprint density at radius 1 is 1.25 bits per heavy atom. The summed E-state index contributed by atoms with van der Waals surface area (Å²) in [5.41, 5.74) is 4.30. The summed E-state index contributed by atoms with van der Waals surface area (Å²) >= 11 is 0. The van der Waals surface area contributed by atoms with Crippen LogP contribution < -0.4 is 0 Å². The maximum Gasteiger partial charge on any atom is 0.255 e. The normalized spacial score (nSPS) is 14.6. The monoisotopic (exact) mass is 378 g/mol. The van der Waals surface area contributed by atoms with E-state index in [0.29, 0.717) is 18.2 Å². The Kier molecular flexibility index (Phi) is 5.39. The van der Waals surface area contributed by atoms with E-state index in [0.717, 1.165) is 35.1 Å². The fourth-order valence-electron chi connectivity index (χ4n) is 4.03. The Morgan fingerprint density at radius 3 is 2.79 bits per heavy atom. The summed E-state index contributed by atoms with van der Waals surface area (Å²) in [6.45, 7) is 2.69. The molecule has 0 aliphatic heterocycles. The zero-order valence-corrected chi connectivity index (χ0v) is 16.2. The molecule has 2 aromatic heterocycles. The SMILES string of the molecule is Cc1ccccc1CN(CCO)C(=O)c1cnc2c(c1)ncn2C1CCCC1. The molecule has 4 rings (SSSR count). The summed E-state index contributed by atoms with van der Waals surface area (Å²) in [7, 11) is 0. The third-order valence-corrected chi connectivity index (χ3v) is 5.66. The van der Waals surface area contributed by atoms with Gasteiger partial charge in [0.2, 0.25) is 0 Å². The van der Waals surface area contributed by atoms with Crippen molar-refractivity contribution < 1.29 is 9.90 Å². The molecule has 146 valence electrons. The van der Waals surface area contributed by atoms with Crippen molar-refractivity contribution in [3.8, 4) is 0 Å². The van der Waals surface area contributed by atoms with Gasteiger partial charge in [-0.2, -0.15) is 0 Å². The second-order valence-electron chi connectivity index (χ2n) is 7.53. The first-order valence-corrected chi connectivity index (χ1v) is 9.94. The second-order valence-corrected chi connectivity index (χ2v) is 7.53. The summed E-state index contributed by atoms with van der Waals surface area (Å²) in [5.74, 6) is -0.137. The van der Waals surface area contributed by atoms with Gasteiger partial charge in [-0.25, -0.2) is 9.97 Å². The molecule has 1 N–H and O–H groups in total. The van der Waals surface area contributed by atoms with Gasteiger partial charge in [0, 0.05) is 25.3 Å². The predicted octanol–water partition coefficient (Wildman–Crippen LogP) is 3.49. The second kappa shape index (κ2) is 8.10. The van der Waals surface area contributed by atoms with E-state index >= 15 is 0 Å². The van der Waals surface area contributed by atoms with Crippen LogP contribution in [0, 0.1) is 6.92 Å². The fraction of sp³-hybridized carbons (Fsp3) is 0.409. The highest BCUT2D eigenvalue weighted by molar-refractivity contribution is 5.96. The number of carbonyl (C=O) groups excluding carboxylic acids is 1. The number of aryl methyl sites for hydroxylation is 1. The maximum absolute atomic E-state index is 13.1. The summed E-state index contributed by atoms with van der Waals surface area (Å²) in [5, 5.41) is 9.45. The molecular formula is C22H26N4O2. The average Bonchev–Trinajstić information content (AvgIpc) is 3.37. The number of benzene rings is 1. The number of aliphatic hydroxyl groups is 1. The summed E-state index contributed by atoms with van der Waals surface area (Å²) in [6.07, 6.45) is 8.30. The van der Waals surface area contributed by atoms with Gasteiger partial charge in [-0.3, -0.25) is 4.79 Å². The fourth-order valence-corrected chi connectivity index (χ4v) is 4.03. The highest BCUT2D eigenvalue weighted by atomic mass is 16.3. The number of hydrogen-bond donors (Lipinski definition) is 1. The lowest BCUT2D eigenvalue weighted by Gasteiger charge is -2.23. The van der Waals surface area contributed by atoms with Crippen molar-refractivity contribution in [3.63, 3.8) is 0 Å². The number of nitrogens with zero attached hydrogens (tertiary/aromatic N) is 4. The van der Waals surface area contributed by atoms with Gasteiger partial charge < -0.3 is 14.6 Å². The minimum absolute atomic E-state index is 0.0798. The molecule has 0 bridgehead atoms. The molecule has 6 heteroatoms. The zero-order chi connectivity index (χ0) is 19.5. The van der Waals surface area contributed by atoms with Gasteiger partial charge in [0.1, 0.15) is 5.52 Å². The molecule has 1 fully saturated rings. The third kappa shape index (κ3) is 3.64. The minimum Gasteiger partial charge on any atom is -0.395 e. The molecule has 1 aliphatic rings. The van der Waals surface area contributed by atoms with Crippen LogP contribution >= 0.6 is 0 Å². The van der Waals surface area contributed by atoms with E-state index in [-0.39, 0.29) is 19.1 Å². The highest BCUT2D eigenvalue weighted by Crippen LogP contribution is 2.31. The first-order valence-electron chi connectivity index (χ1n) is 9.94. The lowest BCUT2D eigenvalue weighted by Crippen LogP contribution is -2.33. The van der Waals surface area contributed by atoms with Crippen LogP contribution in [0.5, 0.6) is 0 Å². The number of rotatable bonds is 6. The molecule has 1 saturated carbocycles. The van der Waals surface area contributed by atoms with E-state index in [1.165, 1.54) is 12.8 Å². The van der Waals surface area contributed by atoms with Crippen molar-refractivity contribution in [2.24, 2.45) is 0 Å². The highest BCUT2D eigenvalue weighted by Gasteiger charge is 2.21. The van der Waals surface area contributed by atoms with Crippen molar-refractivity contribution in [2.75, 3.05) is 13.2 Å². The van der Waals surface area contributed by atoms with Crippen LogP contribution in [0.4, 0.5) is 0 Å². The van der Waals surface area contributed by atoms with Crippen molar-refractivity contribution >= 4 is 17.1 Å². The molecular weight excluding hydrogens is 352 g/mol. The van der Waals surface area contributed by atoms with E-state index in [1.807, 2.05) is 43.6 Å². The molecule has 1 aromatic carbocycles. The topological polar surface area (TPSA) is 71.2 Å². The Hall–Kier alpha value is -2.73. The molecule has 1 aliphatic carbocycles. The molecule has 0 spiro atoms. The molecule has 2 heterocycles. The van der Waals surface area contributed by atoms with Gasteiger partial charge in [-0.1, -0.05) is 37.1 Å². The van der Waals surface area contributed by atoms with Crippen molar-refractivity contribution in [3.05, 3.63) is 59.5 Å². The van der Waals surface area contributed by atoms with E-state index in [1.54, 1.807) is 11.1 Å². The van der Waals surface area contributed by atoms with E-state index < -0.39 is 0 Å². The largest absolute Gasteiger partial charge is 0.395 e. The number of aliphatic hydroxyl groups excluding tert-OH is 1. The smallest absolute Gasteiger partial charge is 0.255 e. The molecule has 3 aromatic rings. The Balaban J connectivity index is 1.59. The van der Waals surface area contributed by atoms with Crippen LogP contribution in [0.15, 0.2) is 42.9 Å². The summed E-state index contributed by atoms with van der Waals surface area (Å²) < 4.78 is 2.15. The first kappa shape index (κ1) is 18.6. The van der Waals surface area contributed by atoms with Gasteiger partial charge in [0.15, 0.2) is 5.65 Å². The van der Waals surface area contributed by atoms with Gasteiger partial charge >= 0.3 is 0 Å². The lowest BCUT2D eigenvalue weighted by atomic mass is 10.1. The first-order chi connectivity index (χ1) is 13.7. The number of imidazole rings is 1. The standard InChI is InChI=1S/C22H26N4O2/c1-16-6-2-3-7-17(16)14-25(10-11-27)22(28)18-12-20-21(23-13-18)26(15-24-20)19-8-4-5-9-19/h2-3,6-7,12-13,15,19,27H,4-5,8-11,14H2,1H3. The summed E-state index contributed by atoms with van der Waals surface area (Å²) in [4.78, 5) is 23.8. The van der Waals surface area contributed by atoms with E-state index in [9.17, 15) is 9.90 Å². The number of amides is 1. The van der Waals surface area contributed by atoms with Crippen LogP contribution in [0.1, 0.15) is 53.2 Å². The van der Waals surface area contributed by atoms with Crippen LogP contribution in [-0.2, 0) is 6.54 Å². The Bertz CT molecular complexity index is 976. The van der Waals surface area contributed by atoms with Gasteiger partial charge in [-0.05, 0) is 37.0 Å². The van der Waals surface area contributed by atoms with Crippen LogP contribution in [-0.4, -0.2) is 43.6 Å². The lowest BCUT2D eigenvalue weighted by molar-refractivity contribution is 0.0707. The van der Waals surface area contributed by atoms with Crippen LogP contribution in [0.2, 0.25) is 0 Å². The van der Waals surface area contributed by atoms with Crippen molar-refractivity contribution in [1.82, 2.24) is 19.4 Å². The van der Waals surface area contributed by atoms with Crippen LogP contribution in [0.3, 0.4) is 0 Å². The minimum atomic E-state index is -0.137. The maximum atomic E-state index is 13.1. The van der Waals surface area contributed by atoms with Crippen molar-refractivity contribution in [2.45, 2.75) is 45.2 Å². The quantitative estimate of drug-likeness (QED) is 0.713. The molecule has 28 heavy (non-hydrogen) atoms. The van der Waals surface area contributed by atoms with Gasteiger partial charge in [-0.15, -0.1) is 0 Å². The summed E-state index contributed by atoms with van der Waals surface area (Å²) in [6, 6.07) is 10.3. The number of aromatic nitrogens is 3. The van der Waals surface area contributed by atoms with Crippen molar-refractivity contribution in [1.29, 1.82) is 0 Å². The van der Waals surface area contributed by atoms with Gasteiger partial charge in [0.05, 0.1) is 18.5 Å². The van der Waals surface area contributed by atoms with Crippen LogP contribution in [0.25, 0.3) is 11.2 Å². The number of carbonyl (C=O) groups is 1. The average molecular weight is 378 g/mol. The number of pyridine rings is 1. The molecule has 0 radical (unpaired) electrons. The zero-order valence-electron chi connectivity index (χ0n) is 16.2. The molecule has 0 unspecified atom stereocenters. The molecule has 0 saturated heterocycles. The molecule has 0 atom stereocenters. The molecule has 6 nitrogen and oxygen atoms in total. The number of fused-ring (bicyclic) bond motifs is 1. The Labute approximate surface area is 164 Å². The van der Waals surface area contributed by atoms with E-state index in [2.05, 4.69) is 14.5 Å². The predicted molar refractivity (Wildman–Crippen MR) is 108 cm³/mol. The molecule has 1 amide bonds. The Morgan fingerprint density at radius 2 is 2.04 bits per heavy atom. The van der Waals surface area contributed by atoms with Gasteiger partial charge in [0.25, 0.3) is 5.91 Å². The number of hydrogen-bond acceptors (Lipinski definition) is 4. The van der Waals surface area contributed by atoms with E-state index in [4.69, 9.17) is 0 Å².